The van der Waals surface area contributed by atoms with Gasteiger partial charge in [-0.2, -0.15) is 0 Å². The van der Waals surface area contributed by atoms with Crippen molar-refractivity contribution in [3.05, 3.63) is 41.7 Å². The van der Waals surface area contributed by atoms with Gasteiger partial charge in [0.05, 0.1) is 6.42 Å². The van der Waals surface area contributed by atoms with Crippen molar-refractivity contribution in [3.63, 3.8) is 0 Å². The summed E-state index contributed by atoms with van der Waals surface area (Å²) in [5, 5.41) is 23.0. The van der Waals surface area contributed by atoms with Crippen LogP contribution >= 0.6 is 0 Å². The third-order valence-corrected chi connectivity index (χ3v) is 3.59. The number of hydrogen-bond donors (Lipinski definition) is 2. The molecule has 0 fully saturated rings. The van der Waals surface area contributed by atoms with E-state index < -0.39 is 17.9 Å². The number of carboxylic acid groups (broad SMARTS) is 1. The maximum absolute atomic E-state index is 12.0. The Morgan fingerprint density at radius 1 is 1.29 bits per heavy atom. The number of nitrogens with one attached hydrogen (secondary N) is 1. The van der Waals surface area contributed by atoms with E-state index in [-0.39, 0.29) is 6.42 Å². The molecule has 0 spiro atoms. The zero-order chi connectivity index (χ0) is 17.4. The van der Waals surface area contributed by atoms with Gasteiger partial charge in [0.15, 0.2) is 5.82 Å². The molecule has 1 aromatic carbocycles. The fourth-order valence-corrected chi connectivity index (χ4v) is 2.34. The predicted molar refractivity (Wildman–Crippen MR) is 86.1 cm³/mol. The molecule has 0 bridgehead atoms. The number of aromatic nitrogens is 4. The molecule has 1 amide bonds. The number of carboxylic acids is 1. The highest BCUT2D eigenvalue weighted by Gasteiger charge is 2.20. The average molecular weight is 331 g/mol. The van der Waals surface area contributed by atoms with Crippen LogP contribution in [0.25, 0.3) is 0 Å². The van der Waals surface area contributed by atoms with Gasteiger partial charge in [0.2, 0.25) is 5.91 Å². The van der Waals surface area contributed by atoms with Crippen molar-refractivity contribution in [3.8, 4) is 0 Å². The fourth-order valence-electron chi connectivity index (χ4n) is 2.34. The molecule has 24 heavy (non-hydrogen) atoms. The quantitative estimate of drug-likeness (QED) is 0.704. The molecular formula is C16H21N5O3. The molecule has 0 aliphatic rings. The van der Waals surface area contributed by atoms with Crippen molar-refractivity contribution in [1.29, 1.82) is 0 Å². The van der Waals surface area contributed by atoms with Crippen molar-refractivity contribution in [1.82, 2.24) is 25.5 Å². The summed E-state index contributed by atoms with van der Waals surface area (Å²) in [6.07, 6.45) is 1.76. The van der Waals surface area contributed by atoms with Gasteiger partial charge in [-0.25, -0.2) is 9.48 Å². The molecule has 0 aliphatic carbocycles. The molecule has 2 rings (SSSR count). The number of nitrogens with zero attached hydrogens (tertiary/aromatic N) is 4. The van der Waals surface area contributed by atoms with Crippen LogP contribution in [-0.4, -0.2) is 43.2 Å². The second-order valence-electron chi connectivity index (χ2n) is 5.48. The van der Waals surface area contributed by atoms with Crippen LogP contribution in [0.2, 0.25) is 0 Å². The monoisotopic (exact) mass is 331 g/mol. The van der Waals surface area contributed by atoms with E-state index in [0.29, 0.717) is 25.2 Å². The van der Waals surface area contributed by atoms with Crippen molar-refractivity contribution in [2.45, 2.75) is 45.2 Å². The molecule has 0 radical (unpaired) electrons. The zero-order valence-electron chi connectivity index (χ0n) is 13.6. The first-order chi connectivity index (χ1) is 11.6. The first-order valence-corrected chi connectivity index (χ1v) is 7.91. The fraction of sp³-hybridized carbons (Fsp3) is 0.438. The number of carbonyl (C=O) groups excluding carboxylic acids is 1. The van der Waals surface area contributed by atoms with Crippen LogP contribution in [0.3, 0.4) is 0 Å². The Bertz CT molecular complexity index is 671. The molecule has 1 aromatic heterocycles. The predicted octanol–water partition coefficient (Wildman–Crippen LogP) is 0.828. The maximum atomic E-state index is 12.0. The number of aliphatic carboxylic acids is 1. The van der Waals surface area contributed by atoms with Gasteiger partial charge in [0.25, 0.3) is 0 Å². The second-order valence-corrected chi connectivity index (χ2v) is 5.48. The van der Waals surface area contributed by atoms with Gasteiger partial charge in [-0.15, -0.1) is 5.10 Å². The third kappa shape index (κ3) is 5.15. The maximum Gasteiger partial charge on any atom is 0.326 e. The molecule has 0 saturated heterocycles. The Morgan fingerprint density at radius 2 is 2.04 bits per heavy atom. The Kier molecular flexibility index (Phi) is 6.41. The van der Waals surface area contributed by atoms with Gasteiger partial charge in [0, 0.05) is 6.54 Å². The van der Waals surface area contributed by atoms with E-state index in [1.807, 2.05) is 37.3 Å². The van der Waals surface area contributed by atoms with Gasteiger partial charge < -0.3 is 10.4 Å². The lowest BCUT2D eigenvalue weighted by Gasteiger charge is -2.13. The molecule has 2 aromatic rings. The third-order valence-electron chi connectivity index (χ3n) is 3.59. The summed E-state index contributed by atoms with van der Waals surface area (Å²) in [6.45, 7) is 2.42. The van der Waals surface area contributed by atoms with Crippen LogP contribution < -0.4 is 5.32 Å². The smallest absolute Gasteiger partial charge is 0.326 e. The molecule has 128 valence electrons. The largest absolute Gasteiger partial charge is 0.480 e. The molecule has 1 atom stereocenters. The Balaban J connectivity index is 1.92. The standard InChI is InChI=1S/C16H21N5O3/c1-2-6-13(16(23)24)17-15(22)11-14-18-19-20-21(14)10-9-12-7-4-3-5-8-12/h3-5,7-8,13H,2,6,9-11H2,1H3,(H,17,22)(H,23,24). The van der Waals surface area contributed by atoms with Crippen LogP contribution in [0, 0.1) is 0 Å². The van der Waals surface area contributed by atoms with E-state index in [0.717, 1.165) is 12.0 Å². The molecule has 1 unspecified atom stereocenters. The lowest BCUT2D eigenvalue weighted by molar-refractivity contribution is -0.142. The van der Waals surface area contributed by atoms with Gasteiger partial charge in [-0.05, 0) is 28.8 Å². The molecule has 8 heteroatoms. The van der Waals surface area contributed by atoms with Crippen LogP contribution in [-0.2, 0) is 29.0 Å². The normalized spacial score (nSPS) is 11.9. The van der Waals surface area contributed by atoms with Crippen LogP contribution in [0.4, 0.5) is 0 Å². The van der Waals surface area contributed by atoms with E-state index >= 15 is 0 Å². The minimum atomic E-state index is -1.03. The highest BCUT2D eigenvalue weighted by atomic mass is 16.4. The first-order valence-electron chi connectivity index (χ1n) is 7.91. The molecule has 1 heterocycles. The van der Waals surface area contributed by atoms with Crippen LogP contribution in [0.5, 0.6) is 0 Å². The van der Waals surface area contributed by atoms with Crippen molar-refractivity contribution < 1.29 is 14.7 Å². The highest BCUT2D eigenvalue weighted by molar-refractivity contribution is 5.84. The van der Waals surface area contributed by atoms with Gasteiger partial charge in [0.1, 0.15) is 6.04 Å². The van der Waals surface area contributed by atoms with Crippen molar-refractivity contribution >= 4 is 11.9 Å². The molecule has 2 N–H and O–H groups in total. The SMILES string of the molecule is CCCC(NC(=O)Cc1nnnn1CCc1ccccc1)C(=O)O. The number of tetrazole rings is 1. The molecular weight excluding hydrogens is 310 g/mol. The number of hydrogen-bond acceptors (Lipinski definition) is 5. The average Bonchev–Trinajstić information content (AvgIpc) is 3.00. The number of amides is 1. The van der Waals surface area contributed by atoms with E-state index in [9.17, 15) is 9.59 Å². The number of carbonyl (C=O) groups is 2. The Morgan fingerprint density at radius 3 is 2.71 bits per heavy atom. The van der Waals surface area contributed by atoms with E-state index in [1.54, 1.807) is 4.68 Å². The lowest BCUT2D eigenvalue weighted by atomic mass is 10.1. The van der Waals surface area contributed by atoms with E-state index in [4.69, 9.17) is 5.11 Å². The summed E-state index contributed by atoms with van der Waals surface area (Å²) in [7, 11) is 0. The summed E-state index contributed by atoms with van der Waals surface area (Å²) in [6, 6.07) is 9.02. The number of rotatable bonds is 9. The van der Waals surface area contributed by atoms with E-state index in [1.165, 1.54) is 0 Å². The van der Waals surface area contributed by atoms with Gasteiger partial charge in [-0.3, -0.25) is 4.79 Å². The molecule has 0 saturated carbocycles. The zero-order valence-corrected chi connectivity index (χ0v) is 13.6. The number of benzene rings is 1. The Labute approximate surface area is 139 Å². The summed E-state index contributed by atoms with van der Waals surface area (Å²) in [5.41, 5.74) is 1.15. The summed E-state index contributed by atoms with van der Waals surface area (Å²) in [5.74, 6) is -1.01. The minimum absolute atomic E-state index is 0.0463. The van der Waals surface area contributed by atoms with Crippen molar-refractivity contribution in [2.24, 2.45) is 0 Å². The van der Waals surface area contributed by atoms with Crippen LogP contribution in [0.1, 0.15) is 31.2 Å². The second kappa shape index (κ2) is 8.76. The van der Waals surface area contributed by atoms with Gasteiger partial charge in [-0.1, -0.05) is 43.7 Å². The lowest BCUT2D eigenvalue weighted by Crippen LogP contribution is -2.41. The van der Waals surface area contributed by atoms with Crippen LogP contribution in [0.15, 0.2) is 30.3 Å². The first kappa shape index (κ1) is 17.6. The molecule has 8 nitrogen and oxygen atoms in total. The summed E-state index contributed by atoms with van der Waals surface area (Å²) < 4.78 is 1.57. The summed E-state index contributed by atoms with van der Waals surface area (Å²) >= 11 is 0. The molecule has 0 aliphatic heterocycles. The number of aryl methyl sites for hydroxylation is 2. The summed E-state index contributed by atoms with van der Waals surface area (Å²) in [4.78, 5) is 23.1. The topological polar surface area (TPSA) is 110 Å². The Hall–Kier alpha value is -2.77. The minimum Gasteiger partial charge on any atom is -0.480 e. The van der Waals surface area contributed by atoms with E-state index in [2.05, 4.69) is 20.8 Å². The van der Waals surface area contributed by atoms with Gasteiger partial charge >= 0.3 is 5.97 Å². The highest BCUT2D eigenvalue weighted by Crippen LogP contribution is 2.03. The van der Waals surface area contributed by atoms with Crippen molar-refractivity contribution in [2.75, 3.05) is 0 Å².